The number of fused-ring (bicyclic) bond motifs is 3. The zero-order valence-corrected chi connectivity index (χ0v) is 20.1. The Hall–Kier alpha value is -3.14. The number of morpholine rings is 2. The molecule has 0 radical (unpaired) electrons. The van der Waals surface area contributed by atoms with Crippen molar-refractivity contribution in [2.24, 2.45) is 0 Å². The van der Waals surface area contributed by atoms with Gasteiger partial charge in [0.1, 0.15) is 0 Å². The van der Waals surface area contributed by atoms with Crippen molar-refractivity contribution in [1.82, 2.24) is 19.6 Å². The van der Waals surface area contributed by atoms with Crippen LogP contribution in [0.4, 0.5) is 0 Å². The van der Waals surface area contributed by atoms with Gasteiger partial charge in [0.25, 0.3) is 11.8 Å². The molecule has 35 heavy (non-hydrogen) atoms. The predicted octanol–water partition coefficient (Wildman–Crippen LogP) is 3.09. The van der Waals surface area contributed by atoms with Gasteiger partial charge >= 0.3 is 0 Å². The molecule has 2 fully saturated rings. The van der Waals surface area contributed by atoms with E-state index in [9.17, 15) is 9.59 Å². The molecule has 3 aliphatic heterocycles. The van der Waals surface area contributed by atoms with E-state index in [0.29, 0.717) is 69.6 Å². The number of amides is 2. The van der Waals surface area contributed by atoms with Crippen molar-refractivity contribution in [2.45, 2.75) is 10.6 Å². The largest absolute Gasteiger partial charge is 0.378 e. The van der Waals surface area contributed by atoms with Crippen LogP contribution in [0, 0.1) is 0 Å². The molecule has 1 aromatic heterocycles. The number of carbonyl (C=O) groups is 2. The van der Waals surface area contributed by atoms with Crippen molar-refractivity contribution in [2.75, 3.05) is 52.6 Å². The summed E-state index contributed by atoms with van der Waals surface area (Å²) in [6.07, 6.45) is 0. The highest BCUT2D eigenvalue weighted by molar-refractivity contribution is 7.98. The third kappa shape index (κ3) is 4.13. The lowest BCUT2D eigenvalue weighted by molar-refractivity contribution is 0.0297. The fourth-order valence-electron chi connectivity index (χ4n) is 4.78. The zero-order valence-electron chi connectivity index (χ0n) is 19.3. The summed E-state index contributed by atoms with van der Waals surface area (Å²) in [6, 6.07) is 15.7. The van der Waals surface area contributed by atoms with E-state index >= 15 is 0 Å². The van der Waals surface area contributed by atoms with Crippen molar-refractivity contribution in [3.05, 3.63) is 65.4 Å². The Labute approximate surface area is 207 Å². The number of hydrogen-bond donors (Lipinski definition) is 0. The van der Waals surface area contributed by atoms with E-state index < -0.39 is 0 Å². The van der Waals surface area contributed by atoms with Crippen LogP contribution < -0.4 is 0 Å². The molecule has 3 aliphatic rings. The molecule has 2 saturated heterocycles. The molecule has 180 valence electrons. The molecule has 8 nitrogen and oxygen atoms in total. The Kier molecular flexibility index (Phi) is 6.05. The van der Waals surface area contributed by atoms with Crippen LogP contribution in [0.15, 0.2) is 53.4 Å². The van der Waals surface area contributed by atoms with Crippen LogP contribution in [-0.2, 0) is 15.2 Å². The van der Waals surface area contributed by atoms with Crippen molar-refractivity contribution in [1.29, 1.82) is 0 Å². The van der Waals surface area contributed by atoms with Gasteiger partial charge in [-0.3, -0.25) is 9.59 Å². The maximum absolute atomic E-state index is 13.5. The maximum Gasteiger partial charge on any atom is 0.274 e. The Morgan fingerprint density at radius 2 is 1.49 bits per heavy atom. The average Bonchev–Trinajstić information content (AvgIpc) is 3.33. The van der Waals surface area contributed by atoms with E-state index in [4.69, 9.17) is 14.6 Å². The van der Waals surface area contributed by atoms with Gasteiger partial charge in [-0.25, -0.2) is 4.68 Å². The van der Waals surface area contributed by atoms with Gasteiger partial charge in [0.05, 0.1) is 37.8 Å². The first-order valence-corrected chi connectivity index (χ1v) is 12.9. The Balaban J connectivity index is 1.46. The van der Waals surface area contributed by atoms with Crippen LogP contribution in [0.5, 0.6) is 0 Å². The monoisotopic (exact) mass is 490 g/mol. The van der Waals surface area contributed by atoms with E-state index in [-0.39, 0.29) is 11.8 Å². The van der Waals surface area contributed by atoms with Gasteiger partial charge in [-0.15, -0.1) is 11.8 Å². The fourth-order valence-corrected chi connectivity index (χ4v) is 5.83. The molecule has 0 aliphatic carbocycles. The molecule has 0 bridgehead atoms. The summed E-state index contributed by atoms with van der Waals surface area (Å²) in [6.45, 7) is 4.51. The number of para-hydroxylation sites is 1. The number of ether oxygens (including phenoxy) is 2. The quantitative estimate of drug-likeness (QED) is 0.562. The fraction of sp³-hybridized carbons (Fsp3) is 0.346. The molecule has 0 saturated carbocycles. The summed E-state index contributed by atoms with van der Waals surface area (Å²) in [7, 11) is 0. The number of rotatable bonds is 3. The molecule has 2 amide bonds. The summed E-state index contributed by atoms with van der Waals surface area (Å²) >= 11 is 1.68. The highest BCUT2D eigenvalue weighted by Crippen LogP contribution is 2.44. The smallest absolute Gasteiger partial charge is 0.274 e. The molecule has 6 rings (SSSR count). The number of thioether (sulfide) groups is 1. The molecule has 9 heteroatoms. The second kappa shape index (κ2) is 9.49. The minimum absolute atomic E-state index is 0.00335. The molecule has 3 aromatic rings. The molecule has 0 spiro atoms. The average molecular weight is 491 g/mol. The van der Waals surface area contributed by atoms with Crippen molar-refractivity contribution < 1.29 is 19.1 Å². The number of nitrogens with zero attached hydrogens (tertiary/aromatic N) is 4. The summed E-state index contributed by atoms with van der Waals surface area (Å²) in [5, 5.41) is 4.86. The topological polar surface area (TPSA) is 76.9 Å². The molecule has 2 aromatic carbocycles. The molecule has 4 heterocycles. The number of hydrogen-bond acceptors (Lipinski definition) is 6. The summed E-state index contributed by atoms with van der Waals surface area (Å²) in [5.41, 5.74) is 4.74. The lowest BCUT2D eigenvalue weighted by Crippen LogP contribution is -2.41. The third-order valence-corrected chi connectivity index (χ3v) is 7.74. The first kappa shape index (κ1) is 22.3. The van der Waals surface area contributed by atoms with Gasteiger partial charge in [0.15, 0.2) is 5.69 Å². The maximum atomic E-state index is 13.5. The number of benzene rings is 2. The van der Waals surface area contributed by atoms with E-state index in [1.807, 2.05) is 63.0 Å². The number of carbonyl (C=O) groups excluding carboxylic acids is 2. The SMILES string of the molecule is O=C(c1ccc2c(c1)-c1c(c(C(=O)N3CCOCC3)nn1-c1ccccc1)CS2)N1CCOCC1. The minimum atomic E-state index is -0.0659. The van der Waals surface area contributed by atoms with Crippen molar-refractivity contribution in [3.8, 4) is 16.9 Å². The van der Waals surface area contributed by atoms with Crippen LogP contribution in [0.2, 0.25) is 0 Å². The lowest BCUT2D eigenvalue weighted by Gasteiger charge is -2.27. The summed E-state index contributed by atoms with van der Waals surface area (Å²) in [5.74, 6) is 0.588. The van der Waals surface area contributed by atoms with Gasteiger partial charge in [-0.2, -0.15) is 5.10 Å². The van der Waals surface area contributed by atoms with Crippen LogP contribution >= 0.6 is 11.8 Å². The van der Waals surface area contributed by atoms with Gasteiger partial charge in [0, 0.05) is 53.5 Å². The minimum Gasteiger partial charge on any atom is -0.378 e. The van der Waals surface area contributed by atoms with Crippen LogP contribution in [0.25, 0.3) is 16.9 Å². The van der Waals surface area contributed by atoms with Crippen molar-refractivity contribution >= 4 is 23.6 Å². The van der Waals surface area contributed by atoms with Crippen LogP contribution in [0.3, 0.4) is 0 Å². The van der Waals surface area contributed by atoms with Crippen LogP contribution in [0.1, 0.15) is 26.4 Å². The first-order valence-electron chi connectivity index (χ1n) is 11.9. The van der Waals surface area contributed by atoms with Gasteiger partial charge in [-0.1, -0.05) is 18.2 Å². The molecular formula is C26H26N4O4S. The summed E-state index contributed by atoms with van der Waals surface area (Å²) < 4.78 is 12.7. The standard InChI is InChI=1S/C26H26N4O4S/c31-25(28-8-12-33-13-9-28)18-6-7-22-20(16-18)24-21(17-35-22)23(26(32)29-10-14-34-15-11-29)27-30(24)19-4-2-1-3-5-19/h1-7,16H,8-15,17H2. The predicted molar refractivity (Wildman–Crippen MR) is 132 cm³/mol. The highest BCUT2D eigenvalue weighted by Gasteiger charge is 2.32. The van der Waals surface area contributed by atoms with Crippen molar-refractivity contribution in [3.63, 3.8) is 0 Å². The Morgan fingerprint density at radius 1 is 0.829 bits per heavy atom. The second-order valence-electron chi connectivity index (χ2n) is 8.73. The Bertz CT molecular complexity index is 1260. The molecule has 0 unspecified atom stereocenters. The van der Waals surface area contributed by atoms with E-state index in [2.05, 4.69) is 0 Å². The highest BCUT2D eigenvalue weighted by atomic mass is 32.2. The lowest BCUT2D eigenvalue weighted by atomic mass is 10.0. The molecular weight excluding hydrogens is 464 g/mol. The van der Waals surface area contributed by atoms with Gasteiger partial charge < -0.3 is 19.3 Å². The zero-order chi connectivity index (χ0) is 23.8. The third-order valence-electron chi connectivity index (χ3n) is 6.64. The molecule has 0 N–H and O–H groups in total. The molecule has 0 atom stereocenters. The first-order chi connectivity index (χ1) is 17.2. The second-order valence-corrected chi connectivity index (χ2v) is 9.75. The normalized spacial score (nSPS) is 17.6. The van der Waals surface area contributed by atoms with Gasteiger partial charge in [-0.05, 0) is 30.3 Å². The van der Waals surface area contributed by atoms with Crippen LogP contribution in [-0.4, -0.2) is 84.0 Å². The summed E-state index contributed by atoms with van der Waals surface area (Å²) in [4.78, 5) is 31.5. The van der Waals surface area contributed by atoms with E-state index in [0.717, 1.165) is 27.4 Å². The number of aromatic nitrogens is 2. The van der Waals surface area contributed by atoms with Gasteiger partial charge in [0.2, 0.25) is 0 Å². The van der Waals surface area contributed by atoms with E-state index in [1.54, 1.807) is 11.8 Å². The Morgan fingerprint density at radius 3 is 2.17 bits per heavy atom. The van der Waals surface area contributed by atoms with E-state index in [1.165, 1.54) is 0 Å².